The molecular formula is C16H23N3O2. The maximum Gasteiger partial charge on any atom is 0.247 e. The van der Waals surface area contributed by atoms with Crippen molar-refractivity contribution in [1.29, 1.82) is 0 Å². The van der Waals surface area contributed by atoms with Crippen molar-refractivity contribution >= 4 is 0 Å². The predicted molar refractivity (Wildman–Crippen MR) is 81.5 cm³/mol. The van der Waals surface area contributed by atoms with Gasteiger partial charge in [0, 0.05) is 18.2 Å². The van der Waals surface area contributed by atoms with Gasteiger partial charge in [0.05, 0.1) is 6.54 Å². The Morgan fingerprint density at radius 3 is 2.52 bits per heavy atom. The lowest BCUT2D eigenvalue weighted by Crippen LogP contribution is -2.40. The van der Waals surface area contributed by atoms with Crippen LogP contribution in [-0.4, -0.2) is 28.0 Å². The number of rotatable bonds is 6. The highest BCUT2D eigenvalue weighted by atomic mass is 16.4. The zero-order chi connectivity index (χ0) is 15.3. The monoisotopic (exact) mass is 289 g/mol. The summed E-state index contributed by atoms with van der Waals surface area (Å²) in [7, 11) is 0. The number of nitrogens with zero attached hydrogens (tertiary/aromatic N) is 2. The number of nitrogens with one attached hydrogen (secondary N) is 1. The van der Waals surface area contributed by atoms with Crippen LogP contribution in [-0.2, 0) is 6.54 Å². The van der Waals surface area contributed by atoms with E-state index >= 15 is 0 Å². The fourth-order valence-electron chi connectivity index (χ4n) is 2.20. The number of hydrogen-bond acceptors (Lipinski definition) is 5. The summed E-state index contributed by atoms with van der Waals surface area (Å²) in [5.41, 5.74) is 0.976. The summed E-state index contributed by atoms with van der Waals surface area (Å²) in [6, 6.07) is 9.89. The van der Waals surface area contributed by atoms with E-state index in [1.54, 1.807) is 0 Å². The van der Waals surface area contributed by atoms with Crippen molar-refractivity contribution in [3.8, 4) is 11.5 Å². The van der Waals surface area contributed by atoms with Gasteiger partial charge >= 0.3 is 0 Å². The van der Waals surface area contributed by atoms with Crippen LogP contribution in [0.3, 0.4) is 0 Å². The highest BCUT2D eigenvalue weighted by molar-refractivity contribution is 5.51. The van der Waals surface area contributed by atoms with Crippen molar-refractivity contribution in [3.63, 3.8) is 0 Å². The molecule has 21 heavy (non-hydrogen) atoms. The minimum atomic E-state index is 0.0605. The van der Waals surface area contributed by atoms with Gasteiger partial charge in [-0.15, -0.1) is 10.2 Å². The number of aliphatic hydroxyl groups excluding tert-OH is 1. The Kier molecular flexibility index (Phi) is 5.09. The zero-order valence-corrected chi connectivity index (χ0v) is 12.8. The molecule has 0 aliphatic rings. The Labute approximate surface area is 125 Å². The van der Waals surface area contributed by atoms with Gasteiger partial charge in [0.15, 0.2) is 0 Å². The number of aromatic nitrogens is 2. The summed E-state index contributed by atoms with van der Waals surface area (Å²) in [6.45, 7) is 7.09. The van der Waals surface area contributed by atoms with Crippen molar-refractivity contribution in [2.45, 2.75) is 39.8 Å². The van der Waals surface area contributed by atoms with Crippen LogP contribution in [0.5, 0.6) is 0 Å². The molecule has 114 valence electrons. The minimum absolute atomic E-state index is 0.0605. The maximum atomic E-state index is 9.16. The number of aliphatic hydroxyl groups is 1. The quantitative estimate of drug-likeness (QED) is 0.855. The van der Waals surface area contributed by atoms with Gasteiger partial charge < -0.3 is 14.8 Å². The molecule has 5 heteroatoms. The van der Waals surface area contributed by atoms with Crippen molar-refractivity contribution < 1.29 is 9.52 Å². The van der Waals surface area contributed by atoms with Crippen LogP contribution in [0, 0.1) is 5.41 Å². The molecule has 1 aromatic heterocycles. The van der Waals surface area contributed by atoms with E-state index in [9.17, 15) is 0 Å². The largest absolute Gasteiger partial charge is 0.419 e. The lowest BCUT2D eigenvalue weighted by Gasteiger charge is -2.30. The average Bonchev–Trinajstić information content (AvgIpc) is 2.92. The predicted octanol–water partition coefficient (Wildman–Crippen LogP) is 2.62. The van der Waals surface area contributed by atoms with E-state index in [0.29, 0.717) is 24.7 Å². The Hall–Kier alpha value is -1.72. The Morgan fingerprint density at radius 2 is 1.90 bits per heavy atom. The van der Waals surface area contributed by atoms with Gasteiger partial charge in [-0.25, -0.2) is 0 Å². The van der Waals surface area contributed by atoms with Crippen molar-refractivity contribution in [3.05, 3.63) is 36.2 Å². The van der Waals surface area contributed by atoms with E-state index in [4.69, 9.17) is 9.52 Å². The van der Waals surface area contributed by atoms with Crippen LogP contribution in [0.2, 0.25) is 0 Å². The lowest BCUT2D eigenvalue weighted by molar-refractivity contribution is 0.193. The van der Waals surface area contributed by atoms with E-state index in [2.05, 4.69) is 36.3 Å². The molecule has 1 aromatic carbocycles. The third-order valence-corrected chi connectivity index (χ3v) is 3.45. The highest BCUT2D eigenvalue weighted by Crippen LogP contribution is 2.22. The summed E-state index contributed by atoms with van der Waals surface area (Å²) in [6.07, 6.45) is 0.698. The molecule has 5 nitrogen and oxygen atoms in total. The molecular weight excluding hydrogens is 266 g/mol. The van der Waals surface area contributed by atoms with Crippen LogP contribution < -0.4 is 5.32 Å². The summed E-state index contributed by atoms with van der Waals surface area (Å²) in [5.74, 6) is 1.09. The van der Waals surface area contributed by atoms with Gasteiger partial charge in [-0.3, -0.25) is 0 Å². The molecule has 0 amide bonds. The third kappa shape index (κ3) is 4.37. The van der Waals surface area contributed by atoms with Gasteiger partial charge in [-0.2, -0.15) is 0 Å². The van der Waals surface area contributed by atoms with Crippen LogP contribution in [0.25, 0.3) is 11.5 Å². The van der Waals surface area contributed by atoms with Gasteiger partial charge in [0.2, 0.25) is 11.8 Å². The maximum absolute atomic E-state index is 9.16. The van der Waals surface area contributed by atoms with Crippen molar-refractivity contribution in [2.75, 3.05) is 6.61 Å². The van der Waals surface area contributed by atoms with Crippen LogP contribution >= 0.6 is 0 Å². The van der Waals surface area contributed by atoms with E-state index in [1.165, 1.54) is 0 Å². The highest BCUT2D eigenvalue weighted by Gasteiger charge is 2.24. The van der Waals surface area contributed by atoms with Crippen molar-refractivity contribution in [1.82, 2.24) is 15.5 Å². The fraction of sp³-hybridized carbons (Fsp3) is 0.500. The average molecular weight is 289 g/mol. The second kappa shape index (κ2) is 6.83. The summed E-state index contributed by atoms with van der Waals surface area (Å²) >= 11 is 0. The molecule has 0 fully saturated rings. The third-order valence-electron chi connectivity index (χ3n) is 3.45. The van der Waals surface area contributed by atoms with Gasteiger partial charge in [-0.1, -0.05) is 39.0 Å². The number of hydrogen-bond donors (Lipinski definition) is 2. The molecule has 1 unspecified atom stereocenters. The summed E-state index contributed by atoms with van der Waals surface area (Å²) in [5, 5.41) is 20.7. The SMILES string of the molecule is CC(C)(C)C(CCO)NCc1nnc(-c2ccccc2)o1. The molecule has 0 aliphatic carbocycles. The first-order valence-corrected chi connectivity index (χ1v) is 7.23. The van der Waals surface area contributed by atoms with E-state index < -0.39 is 0 Å². The first-order valence-electron chi connectivity index (χ1n) is 7.23. The first kappa shape index (κ1) is 15.7. The number of benzene rings is 1. The molecule has 0 spiro atoms. The van der Waals surface area contributed by atoms with Crippen molar-refractivity contribution in [2.24, 2.45) is 5.41 Å². The van der Waals surface area contributed by atoms with Gasteiger partial charge in [0.1, 0.15) is 0 Å². The van der Waals surface area contributed by atoms with E-state index in [-0.39, 0.29) is 18.1 Å². The molecule has 2 aromatic rings. The fourth-order valence-corrected chi connectivity index (χ4v) is 2.20. The molecule has 0 aliphatic heterocycles. The second-order valence-corrected chi connectivity index (χ2v) is 6.18. The van der Waals surface area contributed by atoms with Gasteiger partial charge in [0.25, 0.3) is 0 Å². The minimum Gasteiger partial charge on any atom is -0.419 e. The van der Waals surface area contributed by atoms with Crippen LogP contribution in [0.15, 0.2) is 34.7 Å². The Bertz CT molecular complexity index is 546. The smallest absolute Gasteiger partial charge is 0.247 e. The molecule has 0 bridgehead atoms. The van der Waals surface area contributed by atoms with E-state index in [1.807, 2.05) is 30.3 Å². The van der Waals surface area contributed by atoms with Gasteiger partial charge in [-0.05, 0) is 24.0 Å². The molecule has 2 N–H and O–H groups in total. The molecule has 1 heterocycles. The summed E-state index contributed by atoms with van der Waals surface area (Å²) < 4.78 is 5.66. The molecule has 0 radical (unpaired) electrons. The standard InChI is InChI=1S/C16H23N3O2/c1-16(2,3)13(9-10-20)17-11-14-18-19-15(21-14)12-7-5-4-6-8-12/h4-8,13,17,20H,9-11H2,1-3H3. The second-order valence-electron chi connectivity index (χ2n) is 6.18. The molecule has 0 saturated carbocycles. The topological polar surface area (TPSA) is 71.2 Å². The molecule has 1 atom stereocenters. The zero-order valence-electron chi connectivity index (χ0n) is 12.8. The lowest BCUT2D eigenvalue weighted by atomic mass is 9.85. The van der Waals surface area contributed by atoms with Crippen LogP contribution in [0.1, 0.15) is 33.1 Å². The summed E-state index contributed by atoms with van der Waals surface area (Å²) in [4.78, 5) is 0. The normalized spacial score (nSPS) is 13.3. The van der Waals surface area contributed by atoms with E-state index in [0.717, 1.165) is 5.56 Å². The molecule has 2 rings (SSSR count). The Morgan fingerprint density at radius 1 is 1.19 bits per heavy atom. The first-order chi connectivity index (χ1) is 10.0. The molecule has 0 saturated heterocycles. The Balaban J connectivity index is 1.99. The van der Waals surface area contributed by atoms with Crippen LogP contribution in [0.4, 0.5) is 0 Å².